The lowest BCUT2D eigenvalue weighted by Crippen LogP contribution is -2.61. The second-order valence-corrected chi connectivity index (χ2v) is 18.5. The minimum atomic E-state index is -3.90. The maximum Gasteiger partial charge on any atom is 0.302 e. The Morgan fingerprint density at radius 1 is 0.959 bits per heavy atom. The third-order valence-corrected chi connectivity index (χ3v) is 15.3. The van der Waals surface area contributed by atoms with Gasteiger partial charge in [0.2, 0.25) is 5.79 Å². The molecular weight excluding hydrogens is 644 g/mol. The summed E-state index contributed by atoms with van der Waals surface area (Å²) in [5.74, 6) is 0.0289. The van der Waals surface area contributed by atoms with Gasteiger partial charge in [-0.3, -0.25) is 9.59 Å². The number of nitrogens with one attached hydrogen (secondary N) is 1. The number of sulfonamides is 1. The van der Waals surface area contributed by atoms with Gasteiger partial charge in [0.25, 0.3) is 10.0 Å². The molecule has 0 aromatic heterocycles. The molecule has 1 aromatic rings. The first-order valence-electron chi connectivity index (χ1n) is 18.4. The lowest BCUT2D eigenvalue weighted by Gasteiger charge is -2.62. The Labute approximate surface area is 291 Å². The summed E-state index contributed by atoms with van der Waals surface area (Å²) in [7, 11) is -3.90. The van der Waals surface area contributed by atoms with Gasteiger partial charge in [0.05, 0.1) is 23.3 Å². The first-order valence-corrected chi connectivity index (χ1v) is 19.9. The Hall–Kier alpha value is -2.50. The van der Waals surface area contributed by atoms with Gasteiger partial charge in [-0.15, -0.1) is 0 Å². The van der Waals surface area contributed by atoms with Crippen LogP contribution in [0.3, 0.4) is 0 Å². The van der Waals surface area contributed by atoms with Crippen molar-refractivity contribution in [2.24, 2.45) is 57.4 Å². The highest BCUT2D eigenvalue weighted by Crippen LogP contribution is 2.71. The van der Waals surface area contributed by atoms with Crippen molar-refractivity contribution in [3.05, 3.63) is 29.8 Å². The Kier molecular flexibility index (Phi) is 8.79. The predicted octanol–water partition coefficient (Wildman–Crippen LogP) is 6.16. The van der Waals surface area contributed by atoms with E-state index >= 15 is 0 Å². The van der Waals surface area contributed by atoms with Crippen molar-refractivity contribution in [3.63, 3.8) is 0 Å². The van der Waals surface area contributed by atoms with Crippen LogP contribution in [0.5, 0.6) is 0 Å². The number of hydrogen-bond acceptors (Lipinski definition) is 9. The second kappa shape index (κ2) is 12.3. The van der Waals surface area contributed by atoms with Gasteiger partial charge in [0.15, 0.2) is 0 Å². The van der Waals surface area contributed by atoms with Crippen LogP contribution in [0.2, 0.25) is 0 Å². The summed E-state index contributed by atoms with van der Waals surface area (Å²) >= 11 is 0. The van der Waals surface area contributed by atoms with E-state index in [4.69, 9.17) is 18.9 Å². The van der Waals surface area contributed by atoms with Crippen LogP contribution in [0.15, 0.2) is 34.3 Å². The standard InChI is InChI=1S/C38H54N2O8S/c1-21-8-11-28(12-9-21)49(43,44)40-39-33-16-22(2)20-45-38(33)23(3)35-32(48-38)18-31-29-13-10-26-17-27(46-24(4)41)14-15-36(26,6)30(29)19-34(37(31,35)7)47-25(5)42/h8-9,11-12,22-23,26-27,29-32,34-35,40H,10,13-20H2,1-7H3/b39-33+/t22-,23+,26+,27+,29-,30+,31+,32+,34-,35+,36+,37-,38+/m1/s1. The van der Waals surface area contributed by atoms with E-state index in [1.54, 1.807) is 24.3 Å². The first-order chi connectivity index (χ1) is 23.1. The number of hydrazone groups is 1. The molecule has 4 aliphatic carbocycles. The molecule has 4 saturated carbocycles. The highest BCUT2D eigenvalue weighted by Gasteiger charge is 2.73. The number of carbonyl (C=O) groups excluding carboxylic acids is 2. The van der Waals surface area contributed by atoms with E-state index in [9.17, 15) is 18.0 Å². The summed E-state index contributed by atoms with van der Waals surface area (Å²) < 4.78 is 52.3. The molecule has 0 radical (unpaired) electrons. The SMILES string of the molecule is CC(=O)O[C@H]1CC[C@@]2(C)[C@@H](CC[C@@H]3[C@@H]2C[C@@H](OC(C)=O)[C@]2(C)[C@@H]4[C@H](C[C@@H]32)O[C@@]2(OC[C@H](C)C/C2=N\NS(=O)(=O)c2ccc(C)cc2)[C@H]4C)C1. The maximum absolute atomic E-state index is 13.3. The molecule has 6 aliphatic rings. The van der Waals surface area contributed by atoms with Crippen LogP contribution >= 0.6 is 0 Å². The molecule has 0 bridgehead atoms. The van der Waals surface area contributed by atoms with Crippen molar-refractivity contribution >= 4 is 27.7 Å². The second-order valence-electron chi connectivity index (χ2n) is 16.8. The lowest BCUT2D eigenvalue weighted by molar-refractivity contribution is -0.223. The van der Waals surface area contributed by atoms with E-state index < -0.39 is 15.8 Å². The van der Waals surface area contributed by atoms with Gasteiger partial charge in [-0.1, -0.05) is 45.4 Å². The van der Waals surface area contributed by atoms with Crippen molar-refractivity contribution < 1.29 is 37.0 Å². The average molecular weight is 699 g/mol. The van der Waals surface area contributed by atoms with Crippen LogP contribution in [0.1, 0.15) is 98.5 Å². The topological polar surface area (TPSA) is 130 Å². The van der Waals surface area contributed by atoms with Gasteiger partial charge >= 0.3 is 11.9 Å². The van der Waals surface area contributed by atoms with Gasteiger partial charge in [-0.2, -0.15) is 18.4 Å². The summed E-state index contributed by atoms with van der Waals surface area (Å²) in [6.45, 7) is 14.4. The summed E-state index contributed by atoms with van der Waals surface area (Å²) in [5.41, 5.74) is 1.28. The van der Waals surface area contributed by atoms with Gasteiger partial charge in [0.1, 0.15) is 12.2 Å². The van der Waals surface area contributed by atoms with Crippen molar-refractivity contribution in [2.75, 3.05) is 6.61 Å². The fourth-order valence-electron chi connectivity index (χ4n) is 11.9. The molecule has 10 nitrogen and oxygen atoms in total. The minimum absolute atomic E-state index is 0.0167. The fraction of sp³-hybridized carbons (Fsp3) is 0.763. The molecule has 2 aliphatic heterocycles. The van der Waals surface area contributed by atoms with Crippen LogP contribution in [0.4, 0.5) is 0 Å². The highest BCUT2D eigenvalue weighted by molar-refractivity contribution is 7.89. The number of esters is 2. The number of hydrogen-bond donors (Lipinski definition) is 1. The molecule has 11 heteroatoms. The Morgan fingerprint density at radius 3 is 2.37 bits per heavy atom. The molecule has 270 valence electrons. The summed E-state index contributed by atoms with van der Waals surface area (Å²) in [4.78, 5) is 27.2. The first kappa shape index (κ1) is 34.9. The van der Waals surface area contributed by atoms with Crippen molar-refractivity contribution in [1.82, 2.24) is 4.83 Å². The van der Waals surface area contributed by atoms with E-state index in [1.807, 2.05) is 6.92 Å². The van der Waals surface area contributed by atoms with Crippen LogP contribution in [-0.4, -0.2) is 56.8 Å². The third kappa shape index (κ3) is 5.64. The predicted molar refractivity (Wildman–Crippen MR) is 183 cm³/mol. The molecular formula is C38H54N2O8S. The number of nitrogens with zero attached hydrogens (tertiary/aromatic N) is 1. The Balaban J connectivity index is 1.19. The zero-order valence-corrected chi connectivity index (χ0v) is 30.9. The number of fused-ring (bicyclic) bond motifs is 7. The van der Waals surface area contributed by atoms with Crippen LogP contribution < -0.4 is 4.83 Å². The van der Waals surface area contributed by atoms with Crippen LogP contribution in [0, 0.1) is 59.2 Å². The molecule has 1 spiro atoms. The molecule has 1 aromatic carbocycles. The molecule has 0 amide bonds. The Morgan fingerprint density at radius 2 is 1.67 bits per heavy atom. The van der Waals surface area contributed by atoms with E-state index in [0.29, 0.717) is 42.4 Å². The number of rotatable bonds is 5. The van der Waals surface area contributed by atoms with Crippen LogP contribution in [0.25, 0.3) is 0 Å². The maximum atomic E-state index is 13.3. The average Bonchev–Trinajstić information content (AvgIpc) is 3.49. The van der Waals surface area contributed by atoms with E-state index in [-0.39, 0.29) is 63.7 Å². The summed E-state index contributed by atoms with van der Waals surface area (Å²) in [6.07, 6.45) is 6.74. The van der Waals surface area contributed by atoms with Gasteiger partial charge in [0, 0.05) is 31.1 Å². The molecule has 0 unspecified atom stereocenters. The quantitative estimate of drug-likeness (QED) is 0.286. The normalized spacial score (nSPS) is 45.2. The van der Waals surface area contributed by atoms with Crippen LogP contribution in [-0.2, 0) is 38.6 Å². The van der Waals surface area contributed by atoms with Gasteiger partial charge in [-0.25, -0.2) is 0 Å². The number of benzene rings is 1. The molecule has 1 N–H and O–H groups in total. The largest absolute Gasteiger partial charge is 0.463 e. The molecule has 49 heavy (non-hydrogen) atoms. The zero-order chi connectivity index (χ0) is 35.1. The van der Waals surface area contributed by atoms with E-state index in [0.717, 1.165) is 50.5 Å². The van der Waals surface area contributed by atoms with Crippen molar-refractivity contribution in [1.29, 1.82) is 0 Å². The molecule has 13 atom stereocenters. The zero-order valence-electron chi connectivity index (χ0n) is 30.1. The highest BCUT2D eigenvalue weighted by atomic mass is 32.2. The molecule has 2 saturated heterocycles. The number of aryl methyl sites for hydroxylation is 1. The fourth-order valence-corrected chi connectivity index (χ4v) is 12.7. The summed E-state index contributed by atoms with van der Waals surface area (Å²) in [6, 6.07) is 6.70. The third-order valence-electron chi connectivity index (χ3n) is 14.0. The minimum Gasteiger partial charge on any atom is -0.463 e. The molecule has 7 rings (SSSR count). The van der Waals surface area contributed by atoms with E-state index in [1.165, 1.54) is 13.8 Å². The Bertz CT molecular complexity index is 1610. The smallest absolute Gasteiger partial charge is 0.302 e. The summed E-state index contributed by atoms with van der Waals surface area (Å²) in [5, 5.41) is 4.57. The van der Waals surface area contributed by atoms with Gasteiger partial charge in [-0.05, 0) is 105 Å². The van der Waals surface area contributed by atoms with E-state index in [2.05, 4.69) is 37.6 Å². The molecule has 6 fully saturated rings. The number of ether oxygens (including phenoxy) is 4. The van der Waals surface area contributed by atoms with Crippen molar-refractivity contribution in [2.45, 2.75) is 129 Å². The van der Waals surface area contributed by atoms with Crippen molar-refractivity contribution in [3.8, 4) is 0 Å². The molecule has 2 heterocycles. The van der Waals surface area contributed by atoms with Gasteiger partial charge < -0.3 is 18.9 Å². The lowest BCUT2D eigenvalue weighted by atomic mass is 9.43. The monoisotopic (exact) mass is 698 g/mol. The number of carbonyl (C=O) groups is 2.